The second kappa shape index (κ2) is 8.38. The molecule has 2 rings (SSSR count). The van der Waals surface area contributed by atoms with E-state index in [2.05, 4.69) is 4.74 Å². The van der Waals surface area contributed by atoms with Gasteiger partial charge >= 0.3 is 12.4 Å². The highest BCUT2D eigenvalue weighted by Crippen LogP contribution is 2.10. The maximum absolute atomic E-state index is 12.0. The molecule has 0 aliphatic heterocycles. The van der Waals surface area contributed by atoms with Crippen LogP contribution in [0.3, 0.4) is 0 Å². The summed E-state index contributed by atoms with van der Waals surface area (Å²) in [5, 5.41) is 0. The molecule has 24 heavy (non-hydrogen) atoms. The van der Waals surface area contributed by atoms with Gasteiger partial charge in [-0.15, -0.1) is 0 Å². The first kappa shape index (κ1) is 17.1. The molecule has 0 aromatic heterocycles. The molecule has 6 nitrogen and oxygen atoms in total. The van der Waals surface area contributed by atoms with E-state index in [-0.39, 0.29) is 6.61 Å². The van der Waals surface area contributed by atoms with Crippen molar-refractivity contribution in [1.82, 2.24) is 0 Å². The largest absolute Gasteiger partial charge is 0.458 e. The topological polar surface area (TPSA) is 105 Å². The summed E-state index contributed by atoms with van der Waals surface area (Å²) in [5.41, 5.74) is 14.0. The summed E-state index contributed by atoms with van der Waals surface area (Å²) in [6.45, 7) is 1.31. The number of benzene rings is 2. The summed E-state index contributed by atoms with van der Waals surface area (Å²) < 4.78 is 9.78. The van der Waals surface area contributed by atoms with E-state index in [1.165, 1.54) is 12.5 Å². The van der Waals surface area contributed by atoms with Crippen LogP contribution in [-0.4, -0.2) is 18.5 Å². The molecular weight excluding hydrogens is 308 g/mol. The molecule has 2 aromatic carbocycles. The zero-order valence-electron chi connectivity index (χ0n) is 12.8. The number of hydrogen-bond acceptors (Lipinski definition) is 6. The minimum atomic E-state index is -1.17. The molecular formula is C18H17N2O4. The Bertz CT molecular complexity index is 709. The summed E-state index contributed by atoms with van der Waals surface area (Å²) in [4.78, 5) is 22.5. The number of esters is 1. The van der Waals surface area contributed by atoms with E-state index in [9.17, 15) is 9.59 Å². The van der Waals surface area contributed by atoms with E-state index < -0.39 is 12.1 Å². The maximum Gasteiger partial charge on any atom is 0.418 e. The molecule has 0 aliphatic carbocycles. The van der Waals surface area contributed by atoms with Crippen molar-refractivity contribution in [2.45, 2.75) is 12.7 Å². The number of anilines is 2. The molecule has 1 unspecified atom stereocenters. The number of ether oxygens (including phenoxy) is 2. The van der Waals surface area contributed by atoms with Gasteiger partial charge in [0.1, 0.15) is 6.61 Å². The summed E-state index contributed by atoms with van der Waals surface area (Å²) in [6.07, 6.45) is 1.88. The number of hydrogen-bond donors (Lipinski definition) is 2. The second-order valence-corrected chi connectivity index (χ2v) is 5.00. The molecule has 4 N–H and O–H groups in total. The number of rotatable bonds is 7. The van der Waals surface area contributed by atoms with Gasteiger partial charge in [0, 0.05) is 11.4 Å². The minimum absolute atomic E-state index is 0.0491. The van der Waals surface area contributed by atoms with Crippen molar-refractivity contribution < 1.29 is 19.1 Å². The molecule has 0 amide bonds. The normalized spacial score (nSPS) is 11.8. The van der Waals surface area contributed by atoms with E-state index >= 15 is 0 Å². The minimum Gasteiger partial charge on any atom is -0.458 e. The third-order valence-corrected chi connectivity index (χ3v) is 3.17. The first-order valence-corrected chi connectivity index (χ1v) is 7.16. The molecule has 1 radical (unpaired) electrons. The predicted molar refractivity (Wildman–Crippen MR) is 91.1 cm³/mol. The Balaban J connectivity index is 1.97. The third-order valence-electron chi connectivity index (χ3n) is 3.17. The highest BCUT2D eigenvalue weighted by molar-refractivity contribution is 5.79. The average Bonchev–Trinajstić information content (AvgIpc) is 2.59. The molecule has 0 spiro atoms. The predicted octanol–water partition coefficient (Wildman–Crippen LogP) is 2.06. The van der Waals surface area contributed by atoms with Crippen LogP contribution in [0.1, 0.15) is 11.1 Å². The standard InChI is InChI=1S/C18H17N2O4/c19-15-6-1-13(2-7-15)5-10-17(24-12-21)18(22)23-11-14-3-8-16(20)9-4-14/h1-10,17H,11,19-20H2. The van der Waals surface area contributed by atoms with Crippen LogP contribution in [0, 0.1) is 0 Å². The lowest BCUT2D eigenvalue weighted by Crippen LogP contribution is -2.24. The lowest BCUT2D eigenvalue weighted by Gasteiger charge is -2.10. The van der Waals surface area contributed by atoms with Crippen LogP contribution < -0.4 is 11.5 Å². The van der Waals surface area contributed by atoms with E-state index in [1.54, 1.807) is 54.6 Å². The Morgan fingerprint density at radius 1 is 1.04 bits per heavy atom. The fourth-order valence-electron chi connectivity index (χ4n) is 1.87. The quantitative estimate of drug-likeness (QED) is 0.596. The lowest BCUT2D eigenvalue weighted by molar-refractivity contribution is -0.151. The van der Waals surface area contributed by atoms with Crippen LogP contribution in [0.2, 0.25) is 0 Å². The Labute approximate surface area is 139 Å². The molecule has 0 aliphatic rings. The Hall–Kier alpha value is -3.28. The number of carbonyl (C=O) groups excluding carboxylic acids is 2. The summed E-state index contributed by atoms with van der Waals surface area (Å²) in [7, 11) is 0. The van der Waals surface area contributed by atoms with Gasteiger partial charge in [-0.05, 0) is 41.5 Å². The third kappa shape index (κ3) is 5.17. The Kier molecular flexibility index (Phi) is 5.96. The fourth-order valence-corrected chi connectivity index (χ4v) is 1.87. The number of carbonyl (C=O) groups is 1. The van der Waals surface area contributed by atoms with E-state index in [0.29, 0.717) is 11.4 Å². The van der Waals surface area contributed by atoms with E-state index in [1.807, 2.05) is 0 Å². The number of nitrogens with two attached hydrogens (primary N) is 2. The first-order valence-electron chi connectivity index (χ1n) is 7.16. The first-order chi connectivity index (χ1) is 11.6. The maximum atomic E-state index is 12.0. The van der Waals surface area contributed by atoms with Crippen molar-refractivity contribution in [3.63, 3.8) is 0 Å². The van der Waals surface area contributed by atoms with Crippen molar-refractivity contribution in [3.05, 3.63) is 65.7 Å². The highest BCUT2D eigenvalue weighted by Gasteiger charge is 2.18. The van der Waals surface area contributed by atoms with Gasteiger partial charge in [-0.1, -0.05) is 30.3 Å². The SMILES string of the molecule is Nc1ccc(C=CC(O[C]=O)C(=O)OCc2ccc(N)cc2)cc1. The Morgan fingerprint density at radius 3 is 2.21 bits per heavy atom. The second-order valence-electron chi connectivity index (χ2n) is 5.00. The highest BCUT2D eigenvalue weighted by atomic mass is 16.6. The van der Waals surface area contributed by atoms with Crippen LogP contribution in [-0.2, 0) is 25.7 Å². The summed E-state index contributed by atoms with van der Waals surface area (Å²) in [6, 6.07) is 13.9. The van der Waals surface area contributed by atoms with Gasteiger partial charge in [-0.25, -0.2) is 9.59 Å². The van der Waals surface area contributed by atoms with Crippen LogP contribution >= 0.6 is 0 Å². The van der Waals surface area contributed by atoms with Gasteiger partial charge in [0.05, 0.1) is 0 Å². The van der Waals surface area contributed by atoms with Crippen LogP contribution in [0.15, 0.2) is 54.6 Å². The van der Waals surface area contributed by atoms with Crippen molar-refractivity contribution >= 4 is 29.9 Å². The molecule has 0 bridgehead atoms. The Morgan fingerprint density at radius 2 is 1.62 bits per heavy atom. The zero-order chi connectivity index (χ0) is 17.4. The average molecular weight is 325 g/mol. The van der Waals surface area contributed by atoms with E-state index in [4.69, 9.17) is 16.2 Å². The number of nitrogen functional groups attached to an aromatic ring is 2. The van der Waals surface area contributed by atoms with Crippen LogP contribution in [0.25, 0.3) is 6.08 Å². The fraction of sp³-hybridized carbons (Fsp3) is 0.111. The van der Waals surface area contributed by atoms with E-state index in [0.717, 1.165) is 11.1 Å². The molecule has 0 heterocycles. The molecule has 0 fully saturated rings. The van der Waals surface area contributed by atoms with Crippen molar-refractivity contribution in [2.75, 3.05) is 11.5 Å². The van der Waals surface area contributed by atoms with Crippen molar-refractivity contribution in [1.29, 1.82) is 0 Å². The van der Waals surface area contributed by atoms with Gasteiger partial charge in [0.15, 0.2) is 0 Å². The molecule has 123 valence electrons. The molecule has 2 aromatic rings. The van der Waals surface area contributed by atoms with Gasteiger partial charge in [-0.2, -0.15) is 0 Å². The van der Waals surface area contributed by atoms with Gasteiger partial charge in [0.25, 0.3) is 0 Å². The van der Waals surface area contributed by atoms with Crippen LogP contribution in [0.4, 0.5) is 11.4 Å². The smallest absolute Gasteiger partial charge is 0.418 e. The van der Waals surface area contributed by atoms with Gasteiger partial charge in [0.2, 0.25) is 6.10 Å². The molecule has 1 atom stereocenters. The zero-order valence-corrected chi connectivity index (χ0v) is 12.8. The molecule has 0 saturated carbocycles. The van der Waals surface area contributed by atoms with Crippen molar-refractivity contribution in [3.8, 4) is 0 Å². The summed E-state index contributed by atoms with van der Waals surface area (Å²) >= 11 is 0. The monoisotopic (exact) mass is 325 g/mol. The molecule has 0 saturated heterocycles. The van der Waals surface area contributed by atoms with Gasteiger partial charge in [-0.3, -0.25) is 0 Å². The van der Waals surface area contributed by atoms with Crippen molar-refractivity contribution in [2.24, 2.45) is 0 Å². The van der Waals surface area contributed by atoms with Crippen LogP contribution in [0.5, 0.6) is 0 Å². The summed E-state index contributed by atoms with van der Waals surface area (Å²) in [5.74, 6) is -0.693. The molecule has 6 heteroatoms. The van der Waals surface area contributed by atoms with Gasteiger partial charge < -0.3 is 20.9 Å². The lowest BCUT2D eigenvalue weighted by atomic mass is 10.1.